The first-order valence-electron chi connectivity index (χ1n) is 4.70. The molecule has 15 heavy (non-hydrogen) atoms. The molecule has 1 aromatic heterocycles. The van der Waals surface area contributed by atoms with E-state index in [-0.39, 0.29) is 16.8 Å². The molecule has 0 atom stereocenters. The van der Waals surface area contributed by atoms with Gasteiger partial charge in [0, 0.05) is 19.3 Å². The molecule has 82 valence electrons. The molecule has 6 heteroatoms. The molecule has 0 aromatic carbocycles. The highest BCUT2D eigenvalue weighted by atomic mass is 127. The Morgan fingerprint density at radius 2 is 2.20 bits per heavy atom. The molecule has 4 nitrogen and oxygen atoms in total. The van der Waals surface area contributed by atoms with Gasteiger partial charge in [-0.3, -0.25) is 9.36 Å². The van der Waals surface area contributed by atoms with Gasteiger partial charge in [0.15, 0.2) is 0 Å². The van der Waals surface area contributed by atoms with E-state index in [2.05, 4.69) is 4.98 Å². The third-order valence-corrected chi connectivity index (χ3v) is 4.06. The average molecular weight is 341 g/mol. The van der Waals surface area contributed by atoms with Crippen molar-refractivity contribution >= 4 is 34.2 Å². The molecule has 1 aromatic rings. The van der Waals surface area contributed by atoms with Crippen molar-refractivity contribution in [2.24, 2.45) is 0 Å². The van der Waals surface area contributed by atoms with Gasteiger partial charge >= 0.3 is 0 Å². The molecule has 0 amide bonds. The molecule has 2 heterocycles. The molecular weight excluding hydrogens is 330 g/mol. The van der Waals surface area contributed by atoms with Crippen molar-refractivity contribution in [3.8, 4) is 0 Å². The quantitative estimate of drug-likeness (QED) is 0.579. The van der Waals surface area contributed by atoms with E-state index in [9.17, 15) is 4.79 Å². The lowest BCUT2D eigenvalue weighted by Gasteiger charge is -2.23. The summed E-state index contributed by atoms with van der Waals surface area (Å²) in [4.78, 5) is 15.9. The summed E-state index contributed by atoms with van der Waals surface area (Å²) in [6.45, 7) is 1.41. The Balaban J connectivity index is 2.35. The van der Waals surface area contributed by atoms with Gasteiger partial charge in [-0.2, -0.15) is 0 Å². The highest BCUT2D eigenvalue weighted by Gasteiger charge is 2.18. The third-order valence-electron chi connectivity index (χ3n) is 2.48. The Kier molecular flexibility index (Phi) is 3.63. The molecule has 0 N–H and O–H groups in total. The van der Waals surface area contributed by atoms with Crippen molar-refractivity contribution in [3.63, 3.8) is 0 Å². The van der Waals surface area contributed by atoms with Crippen molar-refractivity contribution in [2.75, 3.05) is 13.2 Å². The van der Waals surface area contributed by atoms with E-state index in [1.54, 1.807) is 4.57 Å². The maximum atomic E-state index is 11.9. The lowest BCUT2D eigenvalue weighted by Crippen LogP contribution is -2.30. The zero-order valence-corrected chi connectivity index (χ0v) is 10.9. The van der Waals surface area contributed by atoms with Gasteiger partial charge in [-0.25, -0.2) is 4.98 Å². The second-order valence-electron chi connectivity index (χ2n) is 3.41. The highest BCUT2D eigenvalue weighted by Crippen LogP contribution is 2.20. The number of hydrogen-bond acceptors (Lipinski definition) is 3. The van der Waals surface area contributed by atoms with Gasteiger partial charge in [0.05, 0.1) is 6.33 Å². The van der Waals surface area contributed by atoms with Gasteiger partial charge in [0.2, 0.25) is 0 Å². The minimum Gasteiger partial charge on any atom is -0.381 e. The van der Waals surface area contributed by atoms with Crippen LogP contribution in [0.5, 0.6) is 0 Å². The largest absolute Gasteiger partial charge is 0.381 e. The van der Waals surface area contributed by atoms with Crippen LogP contribution in [-0.4, -0.2) is 22.8 Å². The van der Waals surface area contributed by atoms with Crippen LogP contribution in [0.4, 0.5) is 0 Å². The first-order valence-corrected chi connectivity index (χ1v) is 6.15. The average Bonchev–Trinajstić information content (AvgIpc) is 2.27. The van der Waals surface area contributed by atoms with E-state index in [1.165, 1.54) is 6.33 Å². The summed E-state index contributed by atoms with van der Waals surface area (Å²) in [6.07, 6.45) is 3.25. The SMILES string of the molecule is O=c1c(I)c(Cl)ncn1C1CCOCC1. The summed E-state index contributed by atoms with van der Waals surface area (Å²) in [5.74, 6) is 0. The predicted molar refractivity (Wildman–Crippen MR) is 65.3 cm³/mol. The summed E-state index contributed by atoms with van der Waals surface area (Å²) in [5, 5.41) is 0.281. The van der Waals surface area contributed by atoms with Gasteiger partial charge in [-0.15, -0.1) is 0 Å². The number of hydrogen-bond donors (Lipinski definition) is 0. The molecule has 1 aliphatic heterocycles. The van der Waals surface area contributed by atoms with Crippen LogP contribution >= 0.6 is 34.2 Å². The maximum absolute atomic E-state index is 11.9. The number of halogens is 2. The van der Waals surface area contributed by atoms with Gasteiger partial charge < -0.3 is 4.74 Å². The zero-order chi connectivity index (χ0) is 10.8. The van der Waals surface area contributed by atoms with Crippen molar-refractivity contribution in [3.05, 3.63) is 25.4 Å². The fourth-order valence-corrected chi connectivity index (χ4v) is 2.19. The predicted octanol–water partition coefficient (Wildman–Crippen LogP) is 1.85. The van der Waals surface area contributed by atoms with E-state index in [0.29, 0.717) is 16.8 Å². The van der Waals surface area contributed by atoms with Crippen LogP contribution in [-0.2, 0) is 4.74 Å². The maximum Gasteiger partial charge on any atom is 0.268 e. The third kappa shape index (κ3) is 2.34. The number of rotatable bonds is 1. The molecule has 1 fully saturated rings. The zero-order valence-electron chi connectivity index (χ0n) is 7.95. The highest BCUT2D eigenvalue weighted by molar-refractivity contribution is 14.1. The Hall–Kier alpha value is -0.140. The smallest absolute Gasteiger partial charge is 0.268 e. The molecule has 0 unspecified atom stereocenters. The molecule has 1 saturated heterocycles. The molecule has 0 saturated carbocycles. The van der Waals surface area contributed by atoms with E-state index in [4.69, 9.17) is 16.3 Å². The second-order valence-corrected chi connectivity index (χ2v) is 4.84. The first-order chi connectivity index (χ1) is 7.20. The molecule has 1 aliphatic rings. The molecule has 0 radical (unpaired) electrons. The Labute approximate surface area is 106 Å². The summed E-state index contributed by atoms with van der Waals surface area (Å²) < 4.78 is 7.40. The fraction of sp³-hybridized carbons (Fsp3) is 0.556. The van der Waals surface area contributed by atoms with Crippen molar-refractivity contribution < 1.29 is 4.74 Å². The Morgan fingerprint density at radius 1 is 1.53 bits per heavy atom. The van der Waals surface area contributed by atoms with Crippen molar-refractivity contribution in [1.29, 1.82) is 0 Å². The van der Waals surface area contributed by atoms with Crippen LogP contribution in [0.3, 0.4) is 0 Å². The summed E-state index contributed by atoms with van der Waals surface area (Å²) in [5.41, 5.74) is -0.0532. The van der Waals surface area contributed by atoms with Crippen LogP contribution in [0.1, 0.15) is 18.9 Å². The lowest BCUT2D eigenvalue weighted by molar-refractivity contribution is 0.0683. The minimum atomic E-state index is -0.0532. The lowest BCUT2D eigenvalue weighted by atomic mass is 10.1. The van der Waals surface area contributed by atoms with E-state index in [1.807, 2.05) is 22.6 Å². The van der Waals surface area contributed by atoms with Gasteiger partial charge in [-0.1, -0.05) is 11.6 Å². The summed E-state index contributed by atoms with van der Waals surface area (Å²) in [7, 11) is 0. The summed E-state index contributed by atoms with van der Waals surface area (Å²) >= 11 is 7.70. The second kappa shape index (κ2) is 4.80. The standard InChI is InChI=1S/C9H10ClIN2O2/c10-8-7(11)9(14)13(5-12-8)6-1-3-15-4-2-6/h5-6H,1-4H2. The molecule has 2 rings (SSSR count). The number of nitrogens with zero attached hydrogens (tertiary/aromatic N) is 2. The number of ether oxygens (including phenoxy) is 1. The van der Waals surface area contributed by atoms with Crippen LogP contribution in [0, 0.1) is 3.57 Å². The number of aromatic nitrogens is 2. The molecule has 0 bridgehead atoms. The Bertz CT molecular complexity index is 415. The molecule has 0 spiro atoms. The van der Waals surface area contributed by atoms with Crippen LogP contribution in [0.2, 0.25) is 5.15 Å². The topological polar surface area (TPSA) is 44.1 Å². The van der Waals surface area contributed by atoms with E-state index >= 15 is 0 Å². The van der Waals surface area contributed by atoms with Crippen molar-refractivity contribution in [1.82, 2.24) is 9.55 Å². The molecule has 0 aliphatic carbocycles. The van der Waals surface area contributed by atoms with Gasteiger partial charge in [-0.05, 0) is 35.4 Å². The Morgan fingerprint density at radius 3 is 2.87 bits per heavy atom. The van der Waals surface area contributed by atoms with Gasteiger partial charge in [0.25, 0.3) is 5.56 Å². The minimum absolute atomic E-state index is 0.0532. The monoisotopic (exact) mass is 340 g/mol. The normalized spacial score (nSPS) is 18.0. The van der Waals surface area contributed by atoms with Crippen LogP contribution < -0.4 is 5.56 Å². The van der Waals surface area contributed by atoms with Crippen molar-refractivity contribution in [2.45, 2.75) is 18.9 Å². The first kappa shape index (κ1) is 11.3. The molecular formula is C9H10ClIN2O2. The van der Waals surface area contributed by atoms with E-state index in [0.717, 1.165) is 12.8 Å². The van der Waals surface area contributed by atoms with Crippen LogP contribution in [0.25, 0.3) is 0 Å². The fourth-order valence-electron chi connectivity index (χ4n) is 1.65. The van der Waals surface area contributed by atoms with Gasteiger partial charge in [0.1, 0.15) is 8.72 Å². The van der Waals surface area contributed by atoms with Crippen LogP contribution in [0.15, 0.2) is 11.1 Å². The summed E-state index contributed by atoms with van der Waals surface area (Å²) in [6, 6.07) is 0.199. The van der Waals surface area contributed by atoms with E-state index < -0.39 is 0 Å².